The predicted molar refractivity (Wildman–Crippen MR) is 68.0 cm³/mol. The minimum absolute atomic E-state index is 0.119. The van der Waals surface area contributed by atoms with E-state index < -0.39 is 6.04 Å². The molecule has 6 nitrogen and oxygen atoms in total. The van der Waals surface area contributed by atoms with Crippen molar-refractivity contribution < 1.29 is 4.79 Å². The lowest BCUT2D eigenvalue weighted by Gasteiger charge is -2.09. The lowest BCUT2D eigenvalue weighted by atomic mass is 10.2. The smallest absolute Gasteiger partial charge is 0.236 e. The molecule has 1 amide bonds. The third-order valence-corrected chi connectivity index (χ3v) is 2.81. The van der Waals surface area contributed by atoms with Crippen LogP contribution in [0.25, 0.3) is 5.65 Å². The summed E-state index contributed by atoms with van der Waals surface area (Å²) in [6.45, 7) is 2.40. The summed E-state index contributed by atoms with van der Waals surface area (Å²) >= 11 is 0. The van der Waals surface area contributed by atoms with Gasteiger partial charge in [-0.3, -0.25) is 9.20 Å². The second kappa shape index (κ2) is 5.59. The van der Waals surface area contributed by atoms with Crippen molar-refractivity contribution in [3.63, 3.8) is 0 Å². The first-order valence-corrected chi connectivity index (χ1v) is 6.04. The van der Waals surface area contributed by atoms with Crippen LogP contribution < -0.4 is 11.1 Å². The van der Waals surface area contributed by atoms with Crippen molar-refractivity contribution in [2.45, 2.75) is 25.8 Å². The van der Waals surface area contributed by atoms with E-state index in [1.165, 1.54) is 0 Å². The lowest BCUT2D eigenvalue weighted by molar-refractivity contribution is -0.122. The molecule has 0 spiro atoms. The summed E-state index contributed by atoms with van der Waals surface area (Å²) in [7, 11) is 0. The molecule has 0 saturated heterocycles. The van der Waals surface area contributed by atoms with Crippen LogP contribution in [0.15, 0.2) is 24.4 Å². The number of aromatic nitrogens is 3. The van der Waals surface area contributed by atoms with Crippen molar-refractivity contribution in [3.05, 3.63) is 30.2 Å². The lowest BCUT2D eigenvalue weighted by Crippen LogP contribution is -2.40. The van der Waals surface area contributed by atoms with E-state index in [9.17, 15) is 4.79 Å². The third-order valence-electron chi connectivity index (χ3n) is 2.81. The van der Waals surface area contributed by atoms with E-state index in [1.54, 1.807) is 0 Å². The zero-order valence-electron chi connectivity index (χ0n) is 10.3. The number of nitrogens with two attached hydrogens (primary N) is 1. The van der Waals surface area contributed by atoms with Crippen molar-refractivity contribution in [2.75, 3.05) is 6.54 Å². The Labute approximate surface area is 105 Å². The first-order chi connectivity index (χ1) is 8.72. The van der Waals surface area contributed by atoms with Crippen LogP contribution in [0.1, 0.15) is 19.2 Å². The number of hydrogen-bond acceptors (Lipinski definition) is 4. The van der Waals surface area contributed by atoms with E-state index in [2.05, 4.69) is 15.5 Å². The fourth-order valence-corrected chi connectivity index (χ4v) is 1.68. The first kappa shape index (κ1) is 12.5. The minimum Gasteiger partial charge on any atom is -0.354 e. The van der Waals surface area contributed by atoms with Gasteiger partial charge in [-0.15, -0.1) is 10.2 Å². The number of pyridine rings is 1. The fourth-order valence-electron chi connectivity index (χ4n) is 1.68. The van der Waals surface area contributed by atoms with E-state index in [0.717, 1.165) is 11.5 Å². The molecular weight excluding hydrogens is 230 g/mol. The van der Waals surface area contributed by atoms with E-state index in [4.69, 9.17) is 5.73 Å². The normalized spacial score (nSPS) is 12.6. The second-order valence-corrected chi connectivity index (χ2v) is 4.10. The Morgan fingerprint density at radius 3 is 3.11 bits per heavy atom. The van der Waals surface area contributed by atoms with Crippen molar-refractivity contribution in [2.24, 2.45) is 5.73 Å². The molecule has 6 heteroatoms. The maximum Gasteiger partial charge on any atom is 0.236 e. The molecule has 2 heterocycles. The molecule has 0 aliphatic carbocycles. The molecule has 0 aromatic carbocycles. The maximum absolute atomic E-state index is 11.5. The summed E-state index contributed by atoms with van der Waals surface area (Å²) in [5, 5.41) is 10.9. The van der Waals surface area contributed by atoms with Gasteiger partial charge in [0.05, 0.1) is 6.04 Å². The summed E-state index contributed by atoms with van der Waals surface area (Å²) in [6.07, 6.45) is 3.18. The van der Waals surface area contributed by atoms with Crippen LogP contribution in [0, 0.1) is 0 Å². The number of carbonyl (C=O) groups is 1. The van der Waals surface area contributed by atoms with Crippen molar-refractivity contribution in [1.82, 2.24) is 19.9 Å². The van der Waals surface area contributed by atoms with Gasteiger partial charge in [-0.2, -0.15) is 0 Å². The van der Waals surface area contributed by atoms with Crippen LogP contribution in [0.5, 0.6) is 0 Å². The molecule has 18 heavy (non-hydrogen) atoms. The highest BCUT2D eigenvalue weighted by Gasteiger charge is 2.10. The van der Waals surface area contributed by atoms with Gasteiger partial charge in [0.25, 0.3) is 0 Å². The number of carbonyl (C=O) groups excluding carboxylic acids is 1. The Morgan fingerprint density at radius 1 is 1.50 bits per heavy atom. The van der Waals surface area contributed by atoms with Crippen LogP contribution in [0.4, 0.5) is 0 Å². The average molecular weight is 247 g/mol. The zero-order chi connectivity index (χ0) is 13.0. The van der Waals surface area contributed by atoms with Crippen LogP contribution in [0.3, 0.4) is 0 Å². The number of fused-ring (bicyclic) bond motifs is 1. The molecule has 2 rings (SSSR count). The number of amides is 1. The Bertz CT molecular complexity index is 536. The van der Waals surface area contributed by atoms with E-state index in [1.807, 2.05) is 35.7 Å². The van der Waals surface area contributed by atoms with E-state index >= 15 is 0 Å². The van der Waals surface area contributed by atoms with Crippen molar-refractivity contribution in [3.8, 4) is 0 Å². The molecule has 1 atom stereocenters. The predicted octanol–water partition coefficient (Wildman–Crippen LogP) is 0.125. The largest absolute Gasteiger partial charge is 0.354 e. The minimum atomic E-state index is -0.430. The Balaban J connectivity index is 1.93. The number of nitrogens with one attached hydrogen (secondary N) is 1. The summed E-state index contributed by atoms with van der Waals surface area (Å²) in [5.74, 6) is 0.710. The summed E-state index contributed by atoms with van der Waals surface area (Å²) in [6, 6.07) is 5.30. The highest BCUT2D eigenvalue weighted by molar-refractivity contribution is 5.81. The van der Waals surface area contributed by atoms with Crippen LogP contribution in [-0.2, 0) is 11.2 Å². The molecule has 0 bridgehead atoms. The Morgan fingerprint density at radius 2 is 2.33 bits per heavy atom. The quantitative estimate of drug-likeness (QED) is 0.786. The second-order valence-electron chi connectivity index (χ2n) is 4.10. The number of rotatable bonds is 5. The van der Waals surface area contributed by atoms with Gasteiger partial charge in [-0.1, -0.05) is 13.0 Å². The maximum atomic E-state index is 11.5. The SMILES string of the molecule is CC[C@H](N)C(=O)NCCc1nnc2ccccn12. The highest BCUT2D eigenvalue weighted by Crippen LogP contribution is 2.02. The number of hydrogen-bond donors (Lipinski definition) is 2. The van der Waals surface area contributed by atoms with Gasteiger partial charge in [0, 0.05) is 19.2 Å². The average Bonchev–Trinajstić information content (AvgIpc) is 2.81. The summed E-state index contributed by atoms with van der Waals surface area (Å²) in [5.41, 5.74) is 6.43. The fraction of sp³-hybridized carbons (Fsp3) is 0.417. The molecule has 0 unspecified atom stereocenters. The van der Waals surface area contributed by atoms with Gasteiger partial charge >= 0.3 is 0 Å². The number of nitrogens with zero attached hydrogens (tertiary/aromatic N) is 3. The molecule has 0 saturated carbocycles. The van der Waals surface area contributed by atoms with Gasteiger partial charge in [0.1, 0.15) is 5.82 Å². The van der Waals surface area contributed by atoms with E-state index in [0.29, 0.717) is 19.4 Å². The highest BCUT2D eigenvalue weighted by atomic mass is 16.2. The zero-order valence-corrected chi connectivity index (χ0v) is 10.3. The third kappa shape index (κ3) is 2.65. The molecule has 3 N–H and O–H groups in total. The molecular formula is C12H17N5O. The summed E-state index contributed by atoms with van der Waals surface area (Å²) in [4.78, 5) is 11.5. The van der Waals surface area contributed by atoms with Crippen LogP contribution in [-0.4, -0.2) is 33.1 Å². The topological polar surface area (TPSA) is 85.3 Å². The van der Waals surface area contributed by atoms with Crippen LogP contribution >= 0.6 is 0 Å². The molecule has 2 aromatic heterocycles. The van der Waals surface area contributed by atoms with E-state index in [-0.39, 0.29) is 5.91 Å². The first-order valence-electron chi connectivity index (χ1n) is 6.04. The molecule has 2 aromatic rings. The monoisotopic (exact) mass is 247 g/mol. The van der Waals surface area contributed by atoms with Crippen molar-refractivity contribution >= 4 is 11.6 Å². The van der Waals surface area contributed by atoms with Gasteiger partial charge in [-0.05, 0) is 18.6 Å². The summed E-state index contributed by atoms with van der Waals surface area (Å²) < 4.78 is 1.91. The standard InChI is InChI=1S/C12H17N5O/c1-2-9(13)12(18)14-7-6-11-16-15-10-5-3-4-8-17(10)11/h3-5,8-9H,2,6-7,13H2,1H3,(H,14,18)/t9-/m0/s1. The van der Waals surface area contributed by atoms with Gasteiger partial charge in [0.15, 0.2) is 5.65 Å². The van der Waals surface area contributed by atoms with Gasteiger partial charge in [0.2, 0.25) is 5.91 Å². The Hall–Kier alpha value is -1.95. The molecule has 0 aliphatic rings. The van der Waals surface area contributed by atoms with Crippen LogP contribution in [0.2, 0.25) is 0 Å². The van der Waals surface area contributed by atoms with Gasteiger partial charge < -0.3 is 11.1 Å². The Kier molecular flexibility index (Phi) is 3.88. The molecule has 96 valence electrons. The van der Waals surface area contributed by atoms with Gasteiger partial charge in [-0.25, -0.2) is 0 Å². The molecule has 0 aliphatic heterocycles. The van der Waals surface area contributed by atoms with Crippen molar-refractivity contribution in [1.29, 1.82) is 0 Å². The molecule has 0 radical (unpaired) electrons. The molecule has 0 fully saturated rings.